The highest BCUT2D eigenvalue weighted by molar-refractivity contribution is 7.17. The van der Waals surface area contributed by atoms with Gasteiger partial charge in [0, 0.05) is 13.1 Å². The minimum atomic E-state index is -0.0715. The number of nitrogens with zero attached hydrogens (tertiary/aromatic N) is 1. The van der Waals surface area contributed by atoms with Gasteiger partial charge in [-0.1, -0.05) is 6.92 Å². The zero-order chi connectivity index (χ0) is 15.2. The van der Waals surface area contributed by atoms with Gasteiger partial charge in [0.25, 0.3) is 5.91 Å². The highest BCUT2D eigenvalue weighted by atomic mass is 32.1. The van der Waals surface area contributed by atoms with Crippen LogP contribution in [0.2, 0.25) is 0 Å². The quantitative estimate of drug-likeness (QED) is 0.772. The third-order valence-corrected chi connectivity index (χ3v) is 4.14. The van der Waals surface area contributed by atoms with Crippen LogP contribution < -0.4 is 10.6 Å². The van der Waals surface area contributed by atoms with Gasteiger partial charge in [-0.05, 0) is 38.9 Å². The summed E-state index contributed by atoms with van der Waals surface area (Å²) < 4.78 is 5.55. The van der Waals surface area contributed by atoms with Gasteiger partial charge in [-0.3, -0.25) is 4.79 Å². The van der Waals surface area contributed by atoms with Crippen molar-refractivity contribution >= 4 is 17.2 Å². The Kier molecular flexibility index (Phi) is 5.52. The second-order valence-electron chi connectivity index (χ2n) is 4.85. The van der Waals surface area contributed by atoms with E-state index < -0.39 is 0 Å². The summed E-state index contributed by atoms with van der Waals surface area (Å²) >= 11 is 1.37. The monoisotopic (exact) mass is 307 g/mol. The number of aromatic nitrogens is 1. The van der Waals surface area contributed by atoms with E-state index in [1.807, 2.05) is 26.0 Å². The van der Waals surface area contributed by atoms with Gasteiger partial charge < -0.3 is 15.1 Å². The summed E-state index contributed by atoms with van der Waals surface area (Å²) in [5.74, 6) is 1.48. The molecule has 2 rings (SSSR count). The Labute approximate surface area is 128 Å². The van der Waals surface area contributed by atoms with E-state index in [2.05, 4.69) is 22.5 Å². The van der Waals surface area contributed by atoms with Crippen molar-refractivity contribution in [1.29, 1.82) is 0 Å². The predicted molar refractivity (Wildman–Crippen MR) is 84.8 cm³/mol. The third-order valence-electron chi connectivity index (χ3n) is 2.97. The number of hydrogen-bond donors (Lipinski definition) is 2. The molecule has 0 atom stereocenters. The molecule has 2 N–H and O–H groups in total. The summed E-state index contributed by atoms with van der Waals surface area (Å²) in [4.78, 5) is 17.2. The van der Waals surface area contributed by atoms with Crippen molar-refractivity contribution in [2.75, 3.05) is 19.6 Å². The molecule has 2 heterocycles. The molecule has 0 aromatic carbocycles. The maximum atomic E-state index is 12.1. The molecule has 0 fully saturated rings. The average Bonchev–Trinajstić information content (AvgIpc) is 3.04. The number of carbonyl (C=O) groups is 1. The third kappa shape index (κ3) is 4.15. The Morgan fingerprint density at radius 2 is 2.10 bits per heavy atom. The molecule has 0 saturated carbocycles. The number of rotatable bonds is 7. The lowest BCUT2D eigenvalue weighted by Gasteiger charge is -2.04. The first-order valence-corrected chi connectivity index (χ1v) is 7.96. The minimum absolute atomic E-state index is 0.0715. The zero-order valence-electron chi connectivity index (χ0n) is 12.7. The van der Waals surface area contributed by atoms with Crippen molar-refractivity contribution in [3.63, 3.8) is 0 Å². The summed E-state index contributed by atoms with van der Waals surface area (Å²) in [6.07, 6.45) is 1.09. The Bertz CT molecular complexity index is 604. The van der Waals surface area contributed by atoms with Crippen LogP contribution in [0, 0.1) is 13.8 Å². The largest absolute Gasteiger partial charge is 0.459 e. The maximum Gasteiger partial charge on any atom is 0.263 e. The average molecular weight is 307 g/mol. The zero-order valence-corrected chi connectivity index (χ0v) is 13.5. The smallest absolute Gasteiger partial charge is 0.263 e. The fourth-order valence-electron chi connectivity index (χ4n) is 1.91. The Morgan fingerprint density at radius 3 is 2.76 bits per heavy atom. The first kappa shape index (κ1) is 15.7. The first-order chi connectivity index (χ1) is 10.1. The molecule has 0 bridgehead atoms. The van der Waals surface area contributed by atoms with Crippen LogP contribution in [0.15, 0.2) is 16.5 Å². The molecular weight excluding hydrogens is 286 g/mol. The molecule has 0 aliphatic rings. The van der Waals surface area contributed by atoms with Crippen molar-refractivity contribution in [3.8, 4) is 10.8 Å². The van der Waals surface area contributed by atoms with Crippen LogP contribution in [0.1, 0.15) is 34.5 Å². The number of furan rings is 1. The second kappa shape index (κ2) is 7.38. The Balaban J connectivity index is 1.97. The molecule has 0 aliphatic carbocycles. The fraction of sp³-hybridized carbons (Fsp3) is 0.467. The molecule has 2 aromatic rings. The lowest BCUT2D eigenvalue weighted by Crippen LogP contribution is -2.32. The lowest BCUT2D eigenvalue weighted by molar-refractivity contribution is 0.0957. The number of thiazole rings is 1. The molecule has 0 unspecified atom stereocenters. The van der Waals surface area contributed by atoms with Crippen LogP contribution in [0.5, 0.6) is 0 Å². The van der Waals surface area contributed by atoms with Gasteiger partial charge in [0.2, 0.25) is 0 Å². The van der Waals surface area contributed by atoms with E-state index in [0.29, 0.717) is 17.2 Å². The minimum Gasteiger partial charge on any atom is -0.459 e. The predicted octanol–water partition coefficient (Wildman–Crippen LogP) is 2.75. The van der Waals surface area contributed by atoms with Gasteiger partial charge in [0.15, 0.2) is 10.8 Å². The van der Waals surface area contributed by atoms with Crippen LogP contribution in [0.3, 0.4) is 0 Å². The van der Waals surface area contributed by atoms with Crippen LogP contribution >= 0.6 is 11.3 Å². The molecule has 0 spiro atoms. The number of hydrogen-bond acceptors (Lipinski definition) is 5. The molecule has 0 aliphatic heterocycles. The number of aryl methyl sites for hydroxylation is 2. The topological polar surface area (TPSA) is 67.2 Å². The fourth-order valence-corrected chi connectivity index (χ4v) is 2.85. The number of amides is 1. The van der Waals surface area contributed by atoms with Crippen LogP contribution in [-0.2, 0) is 0 Å². The normalized spacial score (nSPS) is 10.8. The molecule has 6 heteroatoms. The molecule has 114 valence electrons. The van der Waals surface area contributed by atoms with Crippen LogP contribution in [0.4, 0.5) is 0 Å². The molecule has 0 saturated heterocycles. The van der Waals surface area contributed by atoms with E-state index in [1.165, 1.54) is 11.3 Å². The summed E-state index contributed by atoms with van der Waals surface area (Å²) in [5, 5.41) is 6.90. The van der Waals surface area contributed by atoms with E-state index in [9.17, 15) is 4.79 Å². The van der Waals surface area contributed by atoms with Crippen molar-refractivity contribution in [1.82, 2.24) is 15.6 Å². The summed E-state index contributed by atoms with van der Waals surface area (Å²) in [5.41, 5.74) is 0.739. The van der Waals surface area contributed by atoms with Gasteiger partial charge in [0.05, 0.1) is 5.69 Å². The van der Waals surface area contributed by atoms with Crippen molar-refractivity contribution < 1.29 is 9.21 Å². The molecule has 21 heavy (non-hydrogen) atoms. The molecule has 2 aromatic heterocycles. The highest BCUT2D eigenvalue weighted by Crippen LogP contribution is 2.29. The lowest BCUT2D eigenvalue weighted by atomic mass is 10.3. The van der Waals surface area contributed by atoms with Crippen molar-refractivity contribution in [2.24, 2.45) is 0 Å². The standard InChI is InChI=1S/C15H21N3O2S/c1-4-7-16-8-9-17-14(19)13-11(3)18-15(21-13)12-6-5-10(2)20-12/h5-6,16H,4,7-9H2,1-3H3,(H,17,19). The highest BCUT2D eigenvalue weighted by Gasteiger charge is 2.17. The number of carbonyl (C=O) groups excluding carboxylic acids is 1. The van der Waals surface area contributed by atoms with Crippen LogP contribution in [0.25, 0.3) is 10.8 Å². The summed E-state index contributed by atoms with van der Waals surface area (Å²) in [6.45, 7) is 8.22. The van der Waals surface area contributed by atoms with Gasteiger partial charge >= 0.3 is 0 Å². The molecule has 1 amide bonds. The van der Waals surface area contributed by atoms with Crippen molar-refractivity contribution in [3.05, 3.63) is 28.5 Å². The summed E-state index contributed by atoms with van der Waals surface area (Å²) in [7, 11) is 0. The van der Waals surface area contributed by atoms with Crippen molar-refractivity contribution in [2.45, 2.75) is 27.2 Å². The van der Waals surface area contributed by atoms with Gasteiger partial charge in [-0.2, -0.15) is 0 Å². The van der Waals surface area contributed by atoms with E-state index in [-0.39, 0.29) is 5.91 Å². The van der Waals surface area contributed by atoms with Gasteiger partial charge in [-0.25, -0.2) is 4.98 Å². The summed E-state index contributed by atoms with van der Waals surface area (Å²) in [6, 6.07) is 3.77. The SMILES string of the molecule is CCCNCCNC(=O)c1sc(-c2ccc(C)o2)nc1C. The van der Waals surface area contributed by atoms with Crippen LogP contribution in [-0.4, -0.2) is 30.5 Å². The van der Waals surface area contributed by atoms with E-state index in [1.54, 1.807) is 0 Å². The molecule has 5 nitrogen and oxygen atoms in total. The Hall–Kier alpha value is -1.66. The van der Waals surface area contributed by atoms with E-state index in [0.717, 1.165) is 36.0 Å². The van der Waals surface area contributed by atoms with Gasteiger partial charge in [-0.15, -0.1) is 11.3 Å². The van der Waals surface area contributed by atoms with E-state index >= 15 is 0 Å². The van der Waals surface area contributed by atoms with Gasteiger partial charge in [0.1, 0.15) is 10.6 Å². The second-order valence-corrected chi connectivity index (χ2v) is 5.85. The number of nitrogens with one attached hydrogen (secondary N) is 2. The maximum absolute atomic E-state index is 12.1. The first-order valence-electron chi connectivity index (χ1n) is 7.15. The molecular formula is C15H21N3O2S. The molecule has 0 radical (unpaired) electrons. The Morgan fingerprint density at radius 1 is 1.29 bits per heavy atom. The van der Waals surface area contributed by atoms with E-state index in [4.69, 9.17) is 4.42 Å².